The normalized spacial score (nSPS) is 10.7. The van der Waals surface area contributed by atoms with Crippen molar-refractivity contribution in [1.29, 1.82) is 0 Å². The Bertz CT molecular complexity index is 708. The van der Waals surface area contributed by atoms with E-state index in [1.54, 1.807) is 12.3 Å². The molecule has 2 N–H and O–H groups in total. The molecule has 18 heavy (non-hydrogen) atoms. The second-order valence-electron chi connectivity index (χ2n) is 4.12. The van der Waals surface area contributed by atoms with Crippen LogP contribution in [0.2, 0.25) is 0 Å². The maximum absolute atomic E-state index is 13.1. The molecule has 0 unspecified atom stereocenters. The quantitative estimate of drug-likeness (QED) is 0.703. The Morgan fingerprint density at radius 1 is 1.00 bits per heavy atom. The highest BCUT2D eigenvalue weighted by atomic mass is 19.1. The highest BCUT2D eigenvalue weighted by Crippen LogP contribution is 2.30. The van der Waals surface area contributed by atoms with Gasteiger partial charge in [0.1, 0.15) is 5.82 Å². The molecule has 0 saturated heterocycles. The van der Waals surface area contributed by atoms with E-state index in [0.29, 0.717) is 11.1 Å². The number of hydrogen-bond donors (Lipinski definition) is 1. The third-order valence-corrected chi connectivity index (χ3v) is 2.94. The second kappa shape index (κ2) is 4.11. The third kappa shape index (κ3) is 1.70. The summed E-state index contributed by atoms with van der Waals surface area (Å²) in [5.41, 5.74) is 8.39. The Balaban J connectivity index is 2.27. The molecule has 1 aromatic heterocycles. The summed E-state index contributed by atoms with van der Waals surface area (Å²) in [4.78, 5) is 4.33. The van der Waals surface area contributed by atoms with Crippen LogP contribution in [0.1, 0.15) is 0 Å². The number of hydrogen-bond acceptors (Lipinski definition) is 2. The van der Waals surface area contributed by atoms with Gasteiger partial charge in [-0.15, -0.1) is 0 Å². The number of nitrogens with zero attached hydrogens (tertiary/aromatic N) is 1. The Kier molecular flexibility index (Phi) is 2.45. The highest BCUT2D eigenvalue weighted by Gasteiger charge is 2.08. The molecule has 0 aliphatic carbocycles. The molecule has 0 atom stereocenters. The summed E-state index contributed by atoms with van der Waals surface area (Å²) in [7, 11) is 0. The standard InChI is InChI=1S/C15H11FN2/c16-12-6-7-13-11(8-12)9-18-15(14(13)17)10-4-2-1-3-5-10/h1-9H,17H2. The van der Waals surface area contributed by atoms with Crippen LogP contribution in [0.15, 0.2) is 54.7 Å². The van der Waals surface area contributed by atoms with Gasteiger partial charge in [-0.1, -0.05) is 30.3 Å². The van der Waals surface area contributed by atoms with E-state index < -0.39 is 0 Å². The molecular formula is C15H11FN2. The minimum absolute atomic E-state index is 0.281. The van der Waals surface area contributed by atoms with Gasteiger partial charge in [-0.25, -0.2) is 4.39 Å². The van der Waals surface area contributed by atoms with Gasteiger partial charge in [-0.05, 0) is 18.2 Å². The lowest BCUT2D eigenvalue weighted by molar-refractivity contribution is 0.629. The SMILES string of the molecule is Nc1c(-c2ccccc2)ncc2cc(F)ccc12. The predicted octanol–water partition coefficient (Wildman–Crippen LogP) is 3.62. The molecule has 88 valence electrons. The fraction of sp³-hybridized carbons (Fsp3) is 0. The van der Waals surface area contributed by atoms with Gasteiger partial charge in [0.05, 0.1) is 11.4 Å². The van der Waals surface area contributed by atoms with E-state index in [9.17, 15) is 4.39 Å². The second-order valence-corrected chi connectivity index (χ2v) is 4.12. The van der Waals surface area contributed by atoms with E-state index in [0.717, 1.165) is 16.6 Å². The smallest absolute Gasteiger partial charge is 0.123 e. The van der Waals surface area contributed by atoms with Crippen LogP contribution in [0.25, 0.3) is 22.0 Å². The van der Waals surface area contributed by atoms with Crippen molar-refractivity contribution in [3.8, 4) is 11.3 Å². The first kappa shape index (κ1) is 10.7. The zero-order valence-electron chi connectivity index (χ0n) is 9.60. The number of nitrogen functional groups attached to an aromatic ring is 1. The van der Waals surface area contributed by atoms with Gasteiger partial charge in [0.2, 0.25) is 0 Å². The van der Waals surface area contributed by atoms with Crippen molar-refractivity contribution in [3.63, 3.8) is 0 Å². The van der Waals surface area contributed by atoms with E-state index in [2.05, 4.69) is 4.98 Å². The minimum Gasteiger partial charge on any atom is -0.396 e. The number of nitrogens with two attached hydrogens (primary N) is 1. The minimum atomic E-state index is -0.281. The lowest BCUT2D eigenvalue weighted by atomic mass is 10.0. The predicted molar refractivity (Wildman–Crippen MR) is 71.5 cm³/mol. The number of pyridine rings is 1. The fourth-order valence-electron chi connectivity index (χ4n) is 2.04. The molecule has 1 heterocycles. The van der Waals surface area contributed by atoms with Gasteiger partial charge in [0.25, 0.3) is 0 Å². The Morgan fingerprint density at radius 3 is 2.56 bits per heavy atom. The summed E-state index contributed by atoms with van der Waals surface area (Å²) >= 11 is 0. The molecule has 0 fully saturated rings. The van der Waals surface area contributed by atoms with Crippen molar-refractivity contribution in [1.82, 2.24) is 4.98 Å². The molecule has 3 rings (SSSR count). The molecule has 3 heteroatoms. The topological polar surface area (TPSA) is 38.9 Å². The summed E-state index contributed by atoms with van der Waals surface area (Å²) < 4.78 is 13.1. The summed E-state index contributed by atoms with van der Waals surface area (Å²) in [6.45, 7) is 0. The average molecular weight is 238 g/mol. The van der Waals surface area contributed by atoms with Crippen LogP contribution in [0.4, 0.5) is 10.1 Å². The third-order valence-electron chi connectivity index (χ3n) is 2.94. The summed E-state index contributed by atoms with van der Waals surface area (Å²) in [5.74, 6) is -0.281. The molecule has 2 aromatic carbocycles. The van der Waals surface area contributed by atoms with Crippen LogP contribution < -0.4 is 5.73 Å². The van der Waals surface area contributed by atoms with Crippen molar-refractivity contribution in [3.05, 3.63) is 60.5 Å². The largest absolute Gasteiger partial charge is 0.396 e. The van der Waals surface area contributed by atoms with Gasteiger partial charge < -0.3 is 5.73 Å². The maximum atomic E-state index is 13.1. The van der Waals surface area contributed by atoms with Crippen LogP contribution >= 0.6 is 0 Å². The van der Waals surface area contributed by atoms with Crippen LogP contribution in [-0.2, 0) is 0 Å². The summed E-state index contributed by atoms with van der Waals surface area (Å²) in [6.07, 6.45) is 1.65. The van der Waals surface area contributed by atoms with E-state index in [-0.39, 0.29) is 5.82 Å². The van der Waals surface area contributed by atoms with Crippen molar-refractivity contribution < 1.29 is 4.39 Å². The average Bonchev–Trinajstić information content (AvgIpc) is 2.40. The number of halogens is 1. The Labute approximate surface area is 104 Å². The van der Waals surface area contributed by atoms with E-state index >= 15 is 0 Å². The molecule has 0 amide bonds. The van der Waals surface area contributed by atoms with Gasteiger partial charge in [-0.3, -0.25) is 4.98 Å². The molecule has 0 aliphatic rings. The number of rotatable bonds is 1. The monoisotopic (exact) mass is 238 g/mol. The first-order chi connectivity index (χ1) is 8.75. The van der Waals surface area contributed by atoms with Crippen molar-refractivity contribution in [2.45, 2.75) is 0 Å². The van der Waals surface area contributed by atoms with E-state index in [4.69, 9.17) is 5.73 Å². The zero-order valence-corrected chi connectivity index (χ0v) is 9.60. The first-order valence-corrected chi connectivity index (χ1v) is 5.65. The highest BCUT2D eigenvalue weighted by molar-refractivity contribution is 5.98. The van der Waals surface area contributed by atoms with Crippen LogP contribution in [0.3, 0.4) is 0 Å². The molecule has 0 saturated carbocycles. The number of fused-ring (bicyclic) bond motifs is 1. The van der Waals surface area contributed by atoms with E-state index in [1.165, 1.54) is 12.1 Å². The van der Waals surface area contributed by atoms with Gasteiger partial charge in [0.15, 0.2) is 0 Å². The van der Waals surface area contributed by atoms with Crippen molar-refractivity contribution >= 4 is 16.5 Å². The Hall–Kier alpha value is -2.42. The molecule has 0 spiro atoms. The van der Waals surface area contributed by atoms with Gasteiger partial charge in [-0.2, -0.15) is 0 Å². The molecule has 0 radical (unpaired) electrons. The lowest BCUT2D eigenvalue weighted by Crippen LogP contribution is -1.95. The summed E-state index contributed by atoms with van der Waals surface area (Å²) in [6, 6.07) is 14.3. The number of aromatic nitrogens is 1. The number of anilines is 1. The van der Waals surface area contributed by atoms with Crippen molar-refractivity contribution in [2.24, 2.45) is 0 Å². The van der Waals surface area contributed by atoms with Gasteiger partial charge >= 0.3 is 0 Å². The fourth-order valence-corrected chi connectivity index (χ4v) is 2.04. The van der Waals surface area contributed by atoms with E-state index in [1.807, 2.05) is 30.3 Å². The van der Waals surface area contributed by atoms with Gasteiger partial charge in [0, 0.05) is 22.5 Å². The molecule has 2 nitrogen and oxygen atoms in total. The molecule has 0 bridgehead atoms. The van der Waals surface area contributed by atoms with Crippen LogP contribution in [0.5, 0.6) is 0 Å². The molecule has 3 aromatic rings. The summed E-state index contributed by atoms with van der Waals surface area (Å²) in [5, 5.41) is 1.54. The van der Waals surface area contributed by atoms with Crippen LogP contribution in [-0.4, -0.2) is 4.98 Å². The maximum Gasteiger partial charge on any atom is 0.123 e. The zero-order chi connectivity index (χ0) is 12.5. The Morgan fingerprint density at radius 2 is 1.78 bits per heavy atom. The lowest BCUT2D eigenvalue weighted by Gasteiger charge is -2.08. The molecular weight excluding hydrogens is 227 g/mol. The molecule has 0 aliphatic heterocycles. The van der Waals surface area contributed by atoms with Crippen molar-refractivity contribution in [2.75, 3.05) is 5.73 Å². The number of benzene rings is 2. The first-order valence-electron chi connectivity index (χ1n) is 5.65. The van der Waals surface area contributed by atoms with Crippen LogP contribution in [0, 0.1) is 5.82 Å².